The van der Waals surface area contributed by atoms with Gasteiger partial charge in [-0.2, -0.15) is 0 Å². The Morgan fingerprint density at radius 3 is 2.27 bits per heavy atom. The molecule has 0 radical (unpaired) electrons. The average molecular weight is 450 g/mol. The summed E-state index contributed by atoms with van der Waals surface area (Å²) in [6.07, 6.45) is 1.74. The van der Waals surface area contributed by atoms with Crippen LogP contribution < -0.4 is 10.8 Å². The molecule has 2 aromatic rings. The van der Waals surface area contributed by atoms with Crippen LogP contribution in [0.2, 0.25) is 0 Å². The van der Waals surface area contributed by atoms with E-state index in [4.69, 9.17) is 14.7 Å². The van der Waals surface area contributed by atoms with Crippen LogP contribution in [-0.2, 0) is 19.2 Å². The summed E-state index contributed by atoms with van der Waals surface area (Å²) >= 11 is 0. The molecule has 2 amide bonds. The first-order valence-electron chi connectivity index (χ1n) is 11.3. The fraction of sp³-hybridized carbons (Fsp3) is 0.400. The summed E-state index contributed by atoms with van der Waals surface area (Å²) < 4.78 is 5.64. The summed E-state index contributed by atoms with van der Waals surface area (Å²) in [6.45, 7) is -0.302. The second-order valence-electron chi connectivity index (χ2n) is 9.05. The Labute approximate surface area is 191 Å². The van der Waals surface area contributed by atoms with Gasteiger partial charge in [-0.25, -0.2) is 15.1 Å². The second kappa shape index (κ2) is 8.86. The van der Waals surface area contributed by atoms with E-state index >= 15 is 0 Å². The Morgan fingerprint density at radius 1 is 0.939 bits per heavy atom. The second-order valence-corrected chi connectivity index (χ2v) is 9.05. The van der Waals surface area contributed by atoms with Crippen molar-refractivity contribution in [1.29, 1.82) is 0 Å². The van der Waals surface area contributed by atoms with Crippen LogP contribution in [0.3, 0.4) is 0 Å². The molecule has 0 saturated heterocycles. The molecule has 33 heavy (non-hydrogen) atoms. The number of carboxylic acid groups (broad SMARTS) is 1. The van der Waals surface area contributed by atoms with Gasteiger partial charge in [-0.15, -0.1) is 0 Å². The Morgan fingerprint density at radius 2 is 1.61 bits per heavy atom. The van der Waals surface area contributed by atoms with E-state index in [0.29, 0.717) is 12.3 Å². The summed E-state index contributed by atoms with van der Waals surface area (Å²) in [6, 6.07) is 16.4. The third kappa shape index (κ3) is 4.18. The monoisotopic (exact) mass is 450 g/mol. The van der Waals surface area contributed by atoms with Crippen LogP contribution in [0, 0.1) is 17.8 Å². The maximum absolute atomic E-state index is 12.5. The Bertz CT molecular complexity index is 1040. The van der Waals surface area contributed by atoms with Crippen LogP contribution in [0.4, 0.5) is 4.79 Å². The molecule has 8 heteroatoms. The number of carbonyl (C=O) groups is 3. The maximum atomic E-state index is 12.5. The number of aliphatic carboxylic acids is 1. The number of hydrogen-bond acceptors (Lipinski definition) is 5. The van der Waals surface area contributed by atoms with Crippen LogP contribution in [-0.4, -0.2) is 42.3 Å². The van der Waals surface area contributed by atoms with Crippen LogP contribution in [0.15, 0.2) is 48.5 Å². The van der Waals surface area contributed by atoms with Crippen molar-refractivity contribution in [2.24, 2.45) is 17.8 Å². The zero-order valence-electron chi connectivity index (χ0n) is 18.0. The van der Waals surface area contributed by atoms with Gasteiger partial charge in [0.1, 0.15) is 6.61 Å². The van der Waals surface area contributed by atoms with Gasteiger partial charge in [-0.05, 0) is 53.4 Å². The minimum absolute atomic E-state index is 0.0108. The van der Waals surface area contributed by atoms with Crippen molar-refractivity contribution in [3.63, 3.8) is 0 Å². The van der Waals surface area contributed by atoms with E-state index in [9.17, 15) is 14.4 Å². The van der Waals surface area contributed by atoms with Gasteiger partial charge in [0.25, 0.3) is 0 Å². The molecule has 172 valence electrons. The largest absolute Gasteiger partial charge is 0.479 e. The first-order valence-corrected chi connectivity index (χ1v) is 11.3. The molecule has 0 bridgehead atoms. The van der Waals surface area contributed by atoms with Gasteiger partial charge in [-0.1, -0.05) is 48.5 Å². The summed E-state index contributed by atoms with van der Waals surface area (Å²) in [5.74, 6) is -1.06. The number of hydrogen-bond donors (Lipinski definition) is 3. The number of alkyl carbamates (subject to hydrolysis) is 1. The molecule has 2 aromatic carbocycles. The molecule has 0 heterocycles. The van der Waals surface area contributed by atoms with Crippen LogP contribution in [0.5, 0.6) is 0 Å². The molecule has 1 unspecified atom stereocenters. The lowest BCUT2D eigenvalue weighted by Crippen LogP contribution is -2.50. The minimum atomic E-state index is -1.14. The van der Waals surface area contributed by atoms with Crippen molar-refractivity contribution in [3.05, 3.63) is 59.7 Å². The SMILES string of the molecule is O=C(O)CONC(=O)C1C[C@@H]2C[C@H](NC(=O)OCC3c4ccccc4-c4ccccc43)[C@@H]2C1. The van der Waals surface area contributed by atoms with Gasteiger partial charge >= 0.3 is 12.1 Å². The van der Waals surface area contributed by atoms with E-state index < -0.39 is 18.7 Å². The van der Waals surface area contributed by atoms with E-state index in [1.807, 2.05) is 24.3 Å². The van der Waals surface area contributed by atoms with Crippen molar-refractivity contribution in [1.82, 2.24) is 10.8 Å². The fourth-order valence-electron chi connectivity index (χ4n) is 5.65. The molecule has 5 rings (SSSR count). The molecule has 2 saturated carbocycles. The summed E-state index contributed by atoms with van der Waals surface area (Å²) in [5, 5.41) is 11.6. The molecule has 2 fully saturated rings. The molecule has 8 nitrogen and oxygen atoms in total. The lowest BCUT2D eigenvalue weighted by molar-refractivity contribution is -0.150. The van der Waals surface area contributed by atoms with Crippen LogP contribution in [0.1, 0.15) is 36.3 Å². The zero-order chi connectivity index (χ0) is 22.9. The third-order valence-electron chi connectivity index (χ3n) is 7.21. The summed E-state index contributed by atoms with van der Waals surface area (Å²) in [7, 11) is 0. The first-order chi connectivity index (χ1) is 16.0. The van der Waals surface area contributed by atoms with Crippen molar-refractivity contribution < 1.29 is 29.1 Å². The number of carboxylic acids is 1. The number of ether oxygens (including phenoxy) is 1. The van der Waals surface area contributed by atoms with Crippen molar-refractivity contribution in [2.75, 3.05) is 13.2 Å². The molecule has 4 atom stereocenters. The summed E-state index contributed by atoms with van der Waals surface area (Å²) in [5.41, 5.74) is 6.93. The highest BCUT2D eigenvalue weighted by Gasteiger charge is 2.50. The first kappa shape index (κ1) is 21.5. The standard InChI is InChI=1S/C25H26N2O6/c28-23(29)13-33-27-24(30)15-9-14-11-22(20(14)10-15)26-25(31)32-12-21-18-7-3-1-5-16(18)17-6-2-4-8-19(17)21/h1-8,14-15,20-22H,9-13H2,(H,26,31)(H,27,30)(H,28,29)/t14-,15?,20-,22+/m1/s1. The zero-order valence-corrected chi connectivity index (χ0v) is 18.0. The number of rotatable bonds is 7. The predicted octanol–water partition coefficient (Wildman–Crippen LogP) is 3.07. The lowest BCUT2D eigenvalue weighted by Gasteiger charge is -2.40. The molecule has 3 aliphatic rings. The Balaban J connectivity index is 1.12. The highest BCUT2D eigenvalue weighted by atomic mass is 16.7. The number of hydroxylamine groups is 1. The van der Waals surface area contributed by atoms with Crippen LogP contribution >= 0.6 is 0 Å². The topological polar surface area (TPSA) is 114 Å². The van der Waals surface area contributed by atoms with Gasteiger partial charge in [0.05, 0.1) is 0 Å². The fourth-order valence-corrected chi connectivity index (χ4v) is 5.65. The normalized spacial score (nSPS) is 24.7. The quantitative estimate of drug-likeness (QED) is 0.559. The highest BCUT2D eigenvalue weighted by Crippen LogP contribution is 2.50. The van der Waals surface area contributed by atoms with Gasteiger partial charge in [0, 0.05) is 17.9 Å². The lowest BCUT2D eigenvalue weighted by atomic mass is 9.71. The van der Waals surface area contributed by atoms with Crippen molar-refractivity contribution in [2.45, 2.75) is 31.2 Å². The highest BCUT2D eigenvalue weighted by molar-refractivity contribution is 5.79. The Hall–Kier alpha value is -3.39. The Kier molecular flexibility index (Phi) is 5.76. The average Bonchev–Trinajstić information content (AvgIpc) is 3.31. The molecular formula is C25H26N2O6. The van der Waals surface area contributed by atoms with Crippen molar-refractivity contribution >= 4 is 18.0 Å². The molecule has 3 N–H and O–H groups in total. The van der Waals surface area contributed by atoms with Gasteiger partial charge in [0.15, 0.2) is 6.61 Å². The van der Waals surface area contributed by atoms with E-state index in [1.54, 1.807) is 0 Å². The van der Waals surface area contributed by atoms with Crippen LogP contribution in [0.25, 0.3) is 11.1 Å². The summed E-state index contributed by atoms with van der Waals surface area (Å²) in [4.78, 5) is 39.9. The third-order valence-corrected chi connectivity index (χ3v) is 7.21. The number of nitrogens with one attached hydrogen (secondary N) is 2. The van der Waals surface area contributed by atoms with E-state index in [2.05, 4.69) is 35.1 Å². The predicted molar refractivity (Wildman–Crippen MR) is 118 cm³/mol. The van der Waals surface area contributed by atoms with E-state index in [-0.39, 0.29) is 36.3 Å². The number of benzene rings is 2. The van der Waals surface area contributed by atoms with E-state index in [1.165, 1.54) is 22.3 Å². The van der Waals surface area contributed by atoms with Crippen molar-refractivity contribution in [3.8, 4) is 11.1 Å². The molecule has 3 aliphatic carbocycles. The molecule has 0 aliphatic heterocycles. The maximum Gasteiger partial charge on any atom is 0.407 e. The number of amides is 2. The van der Waals surface area contributed by atoms with E-state index in [0.717, 1.165) is 12.8 Å². The number of carbonyl (C=O) groups excluding carboxylic acids is 2. The van der Waals surface area contributed by atoms with Gasteiger partial charge in [0.2, 0.25) is 5.91 Å². The molecule has 0 spiro atoms. The smallest absolute Gasteiger partial charge is 0.407 e. The molecule has 0 aromatic heterocycles. The van der Waals surface area contributed by atoms with Gasteiger partial charge in [-0.3, -0.25) is 9.63 Å². The minimum Gasteiger partial charge on any atom is -0.479 e. The number of fused-ring (bicyclic) bond motifs is 4. The van der Waals surface area contributed by atoms with Gasteiger partial charge < -0.3 is 15.2 Å². The molecular weight excluding hydrogens is 424 g/mol.